The molecule has 1 aliphatic rings. The van der Waals surface area contributed by atoms with Crippen LogP contribution in [0.25, 0.3) is 0 Å². The first kappa shape index (κ1) is 24.9. The van der Waals surface area contributed by atoms with Crippen LogP contribution in [0.3, 0.4) is 0 Å². The maximum atomic E-state index is 13.4. The molecular formula is C29H32N3O2S+. The van der Waals surface area contributed by atoms with Crippen LogP contribution in [0.5, 0.6) is 0 Å². The Labute approximate surface area is 212 Å². The van der Waals surface area contributed by atoms with Gasteiger partial charge in [0.05, 0.1) is 12.7 Å². The van der Waals surface area contributed by atoms with Crippen molar-refractivity contribution in [3.05, 3.63) is 94.5 Å². The lowest BCUT2D eigenvalue weighted by Gasteiger charge is -2.32. The van der Waals surface area contributed by atoms with Crippen molar-refractivity contribution in [2.24, 2.45) is 4.99 Å². The number of quaternary nitrogens is 1. The minimum atomic E-state index is -0.258. The number of rotatable bonds is 4. The van der Waals surface area contributed by atoms with E-state index in [9.17, 15) is 9.59 Å². The molecule has 0 N–H and O–H groups in total. The molecule has 1 aliphatic heterocycles. The summed E-state index contributed by atoms with van der Waals surface area (Å²) < 4.78 is 0.339. The van der Waals surface area contributed by atoms with Crippen molar-refractivity contribution in [3.8, 4) is 0 Å². The van der Waals surface area contributed by atoms with E-state index >= 15 is 0 Å². The number of carbonyl (C=O) groups excluding carboxylic acids is 2. The molecule has 1 amide bonds. The predicted molar refractivity (Wildman–Crippen MR) is 147 cm³/mol. The highest BCUT2D eigenvalue weighted by molar-refractivity contribution is 8.14. The van der Waals surface area contributed by atoms with E-state index in [0.29, 0.717) is 22.6 Å². The van der Waals surface area contributed by atoms with Crippen molar-refractivity contribution in [1.29, 1.82) is 0 Å². The molecule has 2 unspecified atom stereocenters. The first-order valence-electron chi connectivity index (χ1n) is 11.8. The fraction of sp³-hybridized carbons (Fsp3) is 0.276. The number of aliphatic imine (C=N–C) groups is 1. The number of aryl methyl sites for hydroxylation is 4. The van der Waals surface area contributed by atoms with Crippen molar-refractivity contribution in [1.82, 2.24) is 4.48 Å². The second-order valence-corrected chi connectivity index (χ2v) is 10.5. The molecule has 1 fully saturated rings. The molecular weight excluding hydrogens is 454 g/mol. The number of carbonyl (C=O) groups is 2. The number of guanidine groups is 1. The van der Waals surface area contributed by atoms with Crippen molar-refractivity contribution in [2.45, 2.75) is 40.0 Å². The summed E-state index contributed by atoms with van der Waals surface area (Å²) in [7, 11) is 2.10. The molecule has 0 spiro atoms. The van der Waals surface area contributed by atoms with E-state index < -0.39 is 0 Å². The molecule has 0 bridgehead atoms. The van der Waals surface area contributed by atoms with Gasteiger partial charge in [-0.15, -0.1) is 4.99 Å². The largest absolute Gasteiger partial charge is 0.318 e. The summed E-state index contributed by atoms with van der Waals surface area (Å²) in [6.45, 7) is 10.4. The minimum Gasteiger partial charge on any atom is -0.281 e. The Bertz CT molecular complexity index is 1280. The standard InChI is InChI=1S/C29H32N3O2S/c1-19-12-10-13-20(2)26(19)31-25(35-28(34)24-16-8-7-9-17-24)18-32(6,29(31)30-23(5)33)27-21(3)14-11-15-22(27)4/h7-17,25H,18H2,1-6H3/q+1. The summed E-state index contributed by atoms with van der Waals surface area (Å²) in [4.78, 5) is 32.6. The van der Waals surface area contributed by atoms with Crippen LogP contribution in [-0.4, -0.2) is 35.9 Å². The Balaban J connectivity index is 1.94. The molecule has 4 rings (SSSR count). The SMILES string of the molecule is CC(=O)N=C1N(c2c(C)cccc2C)C(SC(=O)c2ccccc2)C[N+]1(C)c1c(C)cccc1C. The van der Waals surface area contributed by atoms with Gasteiger partial charge in [-0.05, 0) is 38.8 Å². The lowest BCUT2D eigenvalue weighted by Crippen LogP contribution is -2.51. The number of hydrogen-bond donors (Lipinski definition) is 0. The second kappa shape index (κ2) is 9.80. The molecule has 0 radical (unpaired) electrons. The monoisotopic (exact) mass is 486 g/mol. The lowest BCUT2D eigenvalue weighted by atomic mass is 10.1. The molecule has 2 atom stereocenters. The summed E-state index contributed by atoms with van der Waals surface area (Å²) in [5.74, 6) is 0.387. The van der Waals surface area contributed by atoms with Crippen molar-refractivity contribution in [2.75, 3.05) is 18.5 Å². The van der Waals surface area contributed by atoms with E-state index in [1.165, 1.54) is 18.7 Å². The highest BCUT2D eigenvalue weighted by Crippen LogP contribution is 2.43. The third kappa shape index (κ3) is 4.68. The van der Waals surface area contributed by atoms with E-state index in [1.54, 1.807) is 0 Å². The van der Waals surface area contributed by atoms with E-state index in [2.05, 4.69) is 68.9 Å². The van der Waals surface area contributed by atoms with Gasteiger partial charge in [-0.2, -0.15) is 0 Å². The van der Waals surface area contributed by atoms with Gasteiger partial charge in [-0.25, -0.2) is 4.48 Å². The zero-order chi connectivity index (χ0) is 25.3. The molecule has 0 aliphatic carbocycles. The number of nitrogens with zero attached hydrogens (tertiary/aromatic N) is 3. The lowest BCUT2D eigenvalue weighted by molar-refractivity contribution is -0.115. The second-order valence-electron chi connectivity index (χ2n) is 9.38. The fourth-order valence-corrected chi connectivity index (χ4v) is 6.41. The normalized spacial score (nSPS) is 20.9. The summed E-state index contributed by atoms with van der Waals surface area (Å²) in [6.07, 6.45) is 0. The van der Waals surface area contributed by atoms with Crippen molar-refractivity contribution in [3.63, 3.8) is 0 Å². The van der Waals surface area contributed by atoms with Gasteiger partial charge < -0.3 is 0 Å². The zero-order valence-corrected chi connectivity index (χ0v) is 22.0. The van der Waals surface area contributed by atoms with Gasteiger partial charge in [0.2, 0.25) is 11.0 Å². The molecule has 3 aromatic carbocycles. The smallest absolute Gasteiger partial charge is 0.281 e. The Kier molecular flexibility index (Phi) is 6.97. The maximum Gasteiger partial charge on any atom is 0.318 e. The summed E-state index contributed by atoms with van der Waals surface area (Å²) >= 11 is 1.30. The zero-order valence-electron chi connectivity index (χ0n) is 21.2. The van der Waals surface area contributed by atoms with Crippen molar-refractivity contribution < 1.29 is 9.59 Å². The van der Waals surface area contributed by atoms with Gasteiger partial charge in [-0.1, -0.05) is 78.5 Å². The number of benzene rings is 3. The number of para-hydroxylation sites is 2. The number of hydrogen-bond acceptors (Lipinski definition) is 3. The minimum absolute atomic E-state index is 0.00367. The number of anilines is 1. The molecule has 35 heavy (non-hydrogen) atoms. The number of amides is 1. The van der Waals surface area contributed by atoms with Crippen LogP contribution >= 0.6 is 11.8 Å². The molecule has 180 valence electrons. The van der Waals surface area contributed by atoms with E-state index in [1.807, 2.05) is 42.5 Å². The highest BCUT2D eigenvalue weighted by Gasteiger charge is 2.53. The molecule has 1 saturated heterocycles. The Morgan fingerprint density at radius 1 is 0.857 bits per heavy atom. The van der Waals surface area contributed by atoms with Crippen LogP contribution in [0.15, 0.2) is 71.7 Å². The number of likely N-dealkylation sites (N-methyl/N-ethyl adjacent to an activating group) is 1. The quantitative estimate of drug-likeness (QED) is 0.413. The van der Waals surface area contributed by atoms with Gasteiger partial charge in [0.15, 0.2) is 0 Å². The molecule has 0 aromatic heterocycles. The summed E-state index contributed by atoms with van der Waals surface area (Å²) in [5, 5.41) is -0.242. The van der Waals surface area contributed by atoms with Gasteiger partial charge in [0.1, 0.15) is 17.6 Å². The molecule has 3 aromatic rings. The van der Waals surface area contributed by atoms with E-state index in [4.69, 9.17) is 0 Å². The fourth-order valence-electron chi connectivity index (χ4n) is 5.21. The summed E-state index contributed by atoms with van der Waals surface area (Å²) in [5.41, 5.74) is 7.19. The van der Waals surface area contributed by atoms with Crippen LogP contribution in [-0.2, 0) is 4.79 Å². The first-order valence-corrected chi connectivity index (χ1v) is 12.6. The average molecular weight is 487 g/mol. The topological polar surface area (TPSA) is 49.7 Å². The Morgan fingerprint density at radius 2 is 1.40 bits per heavy atom. The Morgan fingerprint density at radius 3 is 1.94 bits per heavy atom. The van der Waals surface area contributed by atoms with Crippen LogP contribution in [0, 0.1) is 27.7 Å². The molecule has 5 nitrogen and oxygen atoms in total. The van der Waals surface area contributed by atoms with Crippen molar-refractivity contribution >= 4 is 40.1 Å². The van der Waals surface area contributed by atoms with E-state index in [-0.39, 0.29) is 16.4 Å². The van der Waals surface area contributed by atoms with Crippen LogP contribution in [0.4, 0.5) is 11.4 Å². The Hall–Kier alpha value is -3.22. The van der Waals surface area contributed by atoms with Gasteiger partial charge >= 0.3 is 5.96 Å². The maximum absolute atomic E-state index is 13.4. The first-order chi connectivity index (χ1) is 16.6. The number of thioether (sulfide) groups is 1. The highest BCUT2D eigenvalue weighted by atomic mass is 32.2. The van der Waals surface area contributed by atoms with Gasteiger partial charge in [-0.3, -0.25) is 14.5 Å². The van der Waals surface area contributed by atoms with E-state index in [0.717, 1.165) is 33.6 Å². The van der Waals surface area contributed by atoms with Crippen LogP contribution in [0.1, 0.15) is 39.5 Å². The van der Waals surface area contributed by atoms with Gasteiger partial charge in [0.25, 0.3) is 0 Å². The third-order valence-electron chi connectivity index (χ3n) is 6.59. The average Bonchev–Trinajstić information content (AvgIpc) is 3.05. The third-order valence-corrected chi connectivity index (χ3v) is 7.67. The predicted octanol–water partition coefficient (Wildman–Crippen LogP) is 6.18. The van der Waals surface area contributed by atoms with Crippen LogP contribution in [0.2, 0.25) is 0 Å². The molecule has 0 saturated carbocycles. The van der Waals surface area contributed by atoms with Gasteiger partial charge in [0, 0.05) is 23.6 Å². The molecule has 6 heteroatoms. The summed E-state index contributed by atoms with van der Waals surface area (Å²) in [6, 6.07) is 21.8. The molecule has 1 heterocycles. The van der Waals surface area contributed by atoms with Crippen LogP contribution < -0.4 is 9.38 Å².